The van der Waals surface area contributed by atoms with Crippen molar-refractivity contribution in [3.05, 3.63) is 0 Å². The number of nitrogens with zero attached hydrogens (tertiary/aromatic N) is 3. The van der Waals surface area contributed by atoms with E-state index in [2.05, 4.69) is 11.8 Å². The number of carbonyl (C=O) groups excluding carboxylic acids is 2. The molecule has 0 radical (unpaired) electrons. The Labute approximate surface area is 139 Å². The Balaban J connectivity index is 1.92. The zero-order valence-electron chi connectivity index (χ0n) is 14.8. The lowest BCUT2D eigenvalue weighted by molar-refractivity contribution is -0.140. The average Bonchev–Trinajstić information content (AvgIpc) is 2.90. The summed E-state index contributed by atoms with van der Waals surface area (Å²) in [4.78, 5) is 30.1. The maximum Gasteiger partial charge on any atom is 0.236 e. The molecule has 0 saturated carbocycles. The molecule has 1 atom stereocenters. The van der Waals surface area contributed by atoms with Gasteiger partial charge in [-0.2, -0.15) is 0 Å². The van der Waals surface area contributed by atoms with Crippen LogP contribution in [0.15, 0.2) is 0 Å². The van der Waals surface area contributed by atoms with Crippen molar-refractivity contribution in [2.75, 3.05) is 53.0 Å². The molecule has 0 aromatic rings. The molecule has 6 nitrogen and oxygen atoms in total. The zero-order chi connectivity index (χ0) is 16.9. The molecule has 2 saturated heterocycles. The first-order chi connectivity index (χ1) is 11.0. The summed E-state index contributed by atoms with van der Waals surface area (Å²) in [6.07, 6.45) is 4.42. The molecule has 0 bridgehead atoms. The molecule has 0 spiro atoms. The van der Waals surface area contributed by atoms with Gasteiger partial charge in [-0.1, -0.05) is 13.3 Å². The van der Waals surface area contributed by atoms with Crippen LogP contribution in [-0.2, 0) is 14.3 Å². The van der Waals surface area contributed by atoms with Gasteiger partial charge < -0.3 is 14.5 Å². The van der Waals surface area contributed by atoms with Gasteiger partial charge in [-0.05, 0) is 25.8 Å². The molecular weight excluding hydrogens is 294 g/mol. The molecule has 2 aliphatic heterocycles. The van der Waals surface area contributed by atoms with Crippen LogP contribution in [-0.4, -0.2) is 85.0 Å². The summed E-state index contributed by atoms with van der Waals surface area (Å²) in [5.41, 5.74) is 0.0281. The lowest BCUT2D eigenvalue weighted by Crippen LogP contribution is -2.55. The van der Waals surface area contributed by atoms with Gasteiger partial charge in [-0.25, -0.2) is 0 Å². The Bertz CT molecular complexity index is 413. The van der Waals surface area contributed by atoms with Crippen molar-refractivity contribution in [2.45, 2.75) is 45.1 Å². The minimum Gasteiger partial charge on any atom is -0.383 e. The van der Waals surface area contributed by atoms with Gasteiger partial charge in [0.15, 0.2) is 0 Å². The van der Waals surface area contributed by atoms with E-state index in [-0.39, 0.29) is 17.4 Å². The summed E-state index contributed by atoms with van der Waals surface area (Å²) in [7, 11) is 1.75. The van der Waals surface area contributed by atoms with Crippen molar-refractivity contribution in [3.8, 4) is 0 Å². The monoisotopic (exact) mass is 325 g/mol. The fourth-order valence-corrected chi connectivity index (χ4v) is 4.03. The topological polar surface area (TPSA) is 53.1 Å². The number of likely N-dealkylation sites (tertiary alicyclic amines) is 1. The Kier molecular flexibility index (Phi) is 6.41. The average molecular weight is 325 g/mol. The first-order valence-electron chi connectivity index (χ1n) is 8.79. The molecule has 0 aromatic heterocycles. The van der Waals surface area contributed by atoms with E-state index in [0.717, 1.165) is 32.2 Å². The fourth-order valence-electron chi connectivity index (χ4n) is 4.03. The Morgan fingerprint density at radius 3 is 2.30 bits per heavy atom. The summed E-state index contributed by atoms with van der Waals surface area (Å²) in [5, 5.41) is 0. The molecule has 2 fully saturated rings. The molecule has 132 valence electrons. The molecule has 0 aromatic carbocycles. The van der Waals surface area contributed by atoms with Crippen molar-refractivity contribution >= 4 is 11.8 Å². The first kappa shape index (κ1) is 18.2. The van der Waals surface area contributed by atoms with Gasteiger partial charge >= 0.3 is 0 Å². The number of ether oxygens (including phenoxy) is 1. The standard InChI is InChI=1S/C17H31N3O3/c1-4-6-17(14-23-3)7-5-8-20(17)13-16(22)19-11-9-18(10-12-19)15(2)21/h4-14H2,1-3H3/t17-/m1/s1. The van der Waals surface area contributed by atoms with Crippen molar-refractivity contribution in [3.63, 3.8) is 0 Å². The van der Waals surface area contributed by atoms with E-state index in [0.29, 0.717) is 39.3 Å². The second-order valence-electron chi connectivity index (χ2n) is 6.82. The highest BCUT2D eigenvalue weighted by atomic mass is 16.5. The van der Waals surface area contributed by atoms with Gasteiger partial charge in [0, 0.05) is 45.8 Å². The van der Waals surface area contributed by atoms with Crippen LogP contribution in [0.2, 0.25) is 0 Å². The SMILES string of the molecule is CCC[C@]1(COC)CCCN1CC(=O)N1CCN(C(C)=O)CC1. The largest absolute Gasteiger partial charge is 0.383 e. The van der Waals surface area contributed by atoms with Gasteiger partial charge in [0.25, 0.3) is 0 Å². The van der Waals surface area contributed by atoms with E-state index >= 15 is 0 Å². The normalized spacial score (nSPS) is 25.9. The maximum absolute atomic E-state index is 12.7. The van der Waals surface area contributed by atoms with Crippen molar-refractivity contribution in [1.82, 2.24) is 14.7 Å². The van der Waals surface area contributed by atoms with Crippen LogP contribution < -0.4 is 0 Å². The first-order valence-corrected chi connectivity index (χ1v) is 8.79. The van der Waals surface area contributed by atoms with E-state index in [1.54, 1.807) is 14.0 Å². The third-order valence-corrected chi connectivity index (χ3v) is 5.27. The molecule has 23 heavy (non-hydrogen) atoms. The number of amides is 2. The van der Waals surface area contributed by atoms with Gasteiger partial charge in [0.2, 0.25) is 11.8 Å². The fraction of sp³-hybridized carbons (Fsp3) is 0.882. The number of rotatable bonds is 6. The number of hydrogen-bond acceptors (Lipinski definition) is 4. The van der Waals surface area contributed by atoms with Crippen LogP contribution in [0.3, 0.4) is 0 Å². The van der Waals surface area contributed by atoms with E-state index in [4.69, 9.17) is 4.74 Å². The number of piperazine rings is 1. The van der Waals surface area contributed by atoms with Crippen molar-refractivity contribution < 1.29 is 14.3 Å². The molecule has 2 amide bonds. The van der Waals surface area contributed by atoms with Crippen LogP contribution in [0.25, 0.3) is 0 Å². The molecule has 2 heterocycles. The molecule has 0 unspecified atom stereocenters. The second kappa shape index (κ2) is 8.11. The molecule has 2 rings (SSSR count). The van der Waals surface area contributed by atoms with Gasteiger partial charge in [0.05, 0.1) is 13.2 Å². The Morgan fingerprint density at radius 1 is 1.09 bits per heavy atom. The van der Waals surface area contributed by atoms with E-state index in [1.165, 1.54) is 0 Å². The van der Waals surface area contributed by atoms with Crippen LogP contribution >= 0.6 is 0 Å². The number of carbonyl (C=O) groups is 2. The van der Waals surface area contributed by atoms with Gasteiger partial charge in [-0.3, -0.25) is 14.5 Å². The van der Waals surface area contributed by atoms with Gasteiger partial charge in [-0.15, -0.1) is 0 Å². The van der Waals surface area contributed by atoms with E-state index in [1.807, 2.05) is 9.80 Å². The minimum absolute atomic E-state index is 0.0281. The number of methoxy groups -OCH3 is 1. The predicted molar refractivity (Wildman–Crippen MR) is 89.2 cm³/mol. The van der Waals surface area contributed by atoms with E-state index in [9.17, 15) is 9.59 Å². The number of hydrogen-bond donors (Lipinski definition) is 0. The zero-order valence-corrected chi connectivity index (χ0v) is 14.8. The van der Waals surface area contributed by atoms with Crippen LogP contribution in [0.4, 0.5) is 0 Å². The smallest absolute Gasteiger partial charge is 0.236 e. The highest BCUT2D eigenvalue weighted by Gasteiger charge is 2.41. The minimum atomic E-state index is 0.0281. The van der Waals surface area contributed by atoms with Crippen LogP contribution in [0.5, 0.6) is 0 Å². The lowest BCUT2D eigenvalue weighted by atomic mass is 9.91. The third kappa shape index (κ3) is 4.23. The molecule has 2 aliphatic rings. The Hall–Kier alpha value is -1.14. The third-order valence-electron chi connectivity index (χ3n) is 5.27. The summed E-state index contributed by atoms with van der Waals surface area (Å²) in [6, 6.07) is 0. The van der Waals surface area contributed by atoms with Crippen molar-refractivity contribution in [1.29, 1.82) is 0 Å². The quantitative estimate of drug-likeness (QED) is 0.730. The maximum atomic E-state index is 12.7. The molecular formula is C17H31N3O3. The summed E-state index contributed by atoms with van der Waals surface area (Å²) in [5.74, 6) is 0.283. The van der Waals surface area contributed by atoms with Crippen LogP contribution in [0, 0.1) is 0 Å². The van der Waals surface area contributed by atoms with Crippen LogP contribution in [0.1, 0.15) is 39.5 Å². The van der Waals surface area contributed by atoms with E-state index < -0.39 is 0 Å². The van der Waals surface area contributed by atoms with Gasteiger partial charge in [0.1, 0.15) is 0 Å². The van der Waals surface area contributed by atoms with Crippen molar-refractivity contribution in [2.24, 2.45) is 0 Å². The molecule has 0 aliphatic carbocycles. The summed E-state index contributed by atoms with van der Waals surface area (Å²) >= 11 is 0. The Morgan fingerprint density at radius 2 is 1.74 bits per heavy atom. The summed E-state index contributed by atoms with van der Waals surface area (Å²) in [6.45, 7) is 8.54. The highest BCUT2D eigenvalue weighted by Crippen LogP contribution is 2.33. The predicted octanol–water partition coefficient (Wildman–Crippen LogP) is 0.958. The molecule has 6 heteroatoms. The lowest BCUT2D eigenvalue weighted by Gasteiger charge is -2.40. The molecule has 0 N–H and O–H groups in total. The second-order valence-corrected chi connectivity index (χ2v) is 6.82. The highest BCUT2D eigenvalue weighted by molar-refractivity contribution is 5.79. The summed E-state index contributed by atoms with van der Waals surface area (Å²) < 4.78 is 5.47.